The predicted molar refractivity (Wildman–Crippen MR) is 105 cm³/mol. The zero-order valence-corrected chi connectivity index (χ0v) is 16.2. The van der Waals surface area contributed by atoms with Crippen molar-refractivity contribution in [3.63, 3.8) is 0 Å². The van der Waals surface area contributed by atoms with E-state index in [1.165, 1.54) is 0 Å². The second-order valence-corrected chi connectivity index (χ2v) is 7.32. The molecule has 0 radical (unpaired) electrons. The first kappa shape index (κ1) is 17.7. The number of methoxy groups -OCH3 is 1. The predicted octanol–water partition coefficient (Wildman–Crippen LogP) is 2.03. The molecule has 2 aliphatic heterocycles. The Labute approximate surface area is 159 Å². The molecule has 4 heterocycles. The largest absolute Gasteiger partial charge is 0.494 e. The second-order valence-electron chi connectivity index (χ2n) is 7.32. The van der Waals surface area contributed by atoms with E-state index < -0.39 is 0 Å². The number of piperazine rings is 1. The van der Waals surface area contributed by atoms with Crippen LogP contribution in [0.5, 0.6) is 5.75 Å². The molecule has 0 spiro atoms. The van der Waals surface area contributed by atoms with Crippen LogP contribution in [0.25, 0.3) is 11.3 Å². The maximum absolute atomic E-state index is 13.1. The summed E-state index contributed by atoms with van der Waals surface area (Å²) in [7, 11) is 3.45. The Bertz CT molecular complexity index is 869. The molecule has 1 fully saturated rings. The molecule has 142 valence electrons. The van der Waals surface area contributed by atoms with Gasteiger partial charge < -0.3 is 14.5 Å². The number of anilines is 2. The highest BCUT2D eigenvalue weighted by atomic mass is 16.5. The Kier molecular flexibility index (Phi) is 4.47. The molecule has 1 amide bonds. The number of amides is 1. The van der Waals surface area contributed by atoms with Crippen LogP contribution in [-0.2, 0) is 4.79 Å². The van der Waals surface area contributed by atoms with Gasteiger partial charge >= 0.3 is 0 Å². The zero-order chi connectivity index (χ0) is 19.1. The molecule has 0 N–H and O–H groups in total. The quantitative estimate of drug-likeness (QED) is 0.827. The first-order valence-electron chi connectivity index (χ1n) is 9.29. The molecular formula is C20H25N5O2. The molecule has 7 nitrogen and oxygen atoms in total. The Hall–Kier alpha value is -2.67. The van der Waals surface area contributed by atoms with Gasteiger partial charge in [0.1, 0.15) is 17.5 Å². The number of carbonyl (C=O) groups excluding carboxylic acids is 1. The molecule has 1 atom stereocenters. The lowest BCUT2D eigenvalue weighted by Gasteiger charge is -2.47. The summed E-state index contributed by atoms with van der Waals surface area (Å²) in [4.78, 5) is 28.4. The third-order valence-corrected chi connectivity index (χ3v) is 5.50. The lowest BCUT2D eigenvalue weighted by atomic mass is 10.0. The van der Waals surface area contributed by atoms with Gasteiger partial charge in [-0.1, -0.05) is 0 Å². The van der Waals surface area contributed by atoms with Gasteiger partial charge in [0.2, 0.25) is 0 Å². The van der Waals surface area contributed by atoms with Crippen molar-refractivity contribution in [2.75, 3.05) is 43.6 Å². The normalized spacial score (nSPS) is 19.9. The van der Waals surface area contributed by atoms with E-state index in [0.29, 0.717) is 11.8 Å². The van der Waals surface area contributed by atoms with Crippen LogP contribution >= 0.6 is 0 Å². The van der Waals surface area contributed by atoms with E-state index in [-0.39, 0.29) is 11.9 Å². The summed E-state index contributed by atoms with van der Waals surface area (Å²) in [5, 5.41) is 0. The Balaban J connectivity index is 1.74. The van der Waals surface area contributed by atoms with Gasteiger partial charge in [-0.15, -0.1) is 0 Å². The van der Waals surface area contributed by atoms with Crippen molar-refractivity contribution in [3.8, 4) is 17.0 Å². The Morgan fingerprint density at radius 1 is 1.26 bits per heavy atom. The lowest BCUT2D eigenvalue weighted by molar-refractivity contribution is -0.121. The molecule has 0 bridgehead atoms. The summed E-state index contributed by atoms with van der Waals surface area (Å²) >= 11 is 0. The van der Waals surface area contributed by atoms with Crippen molar-refractivity contribution in [3.05, 3.63) is 30.6 Å². The minimum absolute atomic E-state index is 0.111. The van der Waals surface area contributed by atoms with Crippen LogP contribution in [0.1, 0.15) is 13.8 Å². The van der Waals surface area contributed by atoms with E-state index >= 15 is 0 Å². The van der Waals surface area contributed by atoms with Crippen molar-refractivity contribution in [2.45, 2.75) is 25.9 Å². The fraction of sp³-hybridized carbons (Fsp3) is 0.450. The van der Waals surface area contributed by atoms with Gasteiger partial charge in [0, 0.05) is 50.7 Å². The molecule has 1 saturated heterocycles. The summed E-state index contributed by atoms with van der Waals surface area (Å²) in [6.45, 7) is 6.81. The number of pyridine rings is 2. The molecule has 0 aromatic carbocycles. The highest BCUT2D eigenvalue weighted by molar-refractivity contribution is 6.05. The Morgan fingerprint density at radius 3 is 2.81 bits per heavy atom. The van der Waals surface area contributed by atoms with Crippen molar-refractivity contribution in [2.24, 2.45) is 0 Å². The average molecular weight is 367 g/mol. The summed E-state index contributed by atoms with van der Waals surface area (Å²) in [5.74, 6) is 1.66. The molecule has 0 unspecified atom stereocenters. The molecule has 2 aromatic rings. The fourth-order valence-corrected chi connectivity index (χ4v) is 3.90. The number of ether oxygens (including phenoxy) is 1. The number of hydrogen-bond donors (Lipinski definition) is 0. The summed E-state index contributed by atoms with van der Waals surface area (Å²) in [6.07, 6.45) is 3.55. The third-order valence-electron chi connectivity index (χ3n) is 5.50. The van der Waals surface area contributed by atoms with Gasteiger partial charge in [0.15, 0.2) is 5.82 Å². The molecule has 0 aliphatic carbocycles. The first-order valence-corrected chi connectivity index (χ1v) is 9.29. The van der Waals surface area contributed by atoms with Crippen LogP contribution in [0, 0.1) is 0 Å². The minimum atomic E-state index is -0.179. The van der Waals surface area contributed by atoms with Crippen LogP contribution in [0.15, 0.2) is 30.6 Å². The van der Waals surface area contributed by atoms with Crippen LogP contribution in [0.4, 0.5) is 11.5 Å². The van der Waals surface area contributed by atoms with Gasteiger partial charge in [-0.05, 0) is 32.0 Å². The van der Waals surface area contributed by atoms with Crippen LogP contribution in [-0.4, -0.2) is 66.7 Å². The van der Waals surface area contributed by atoms with E-state index in [4.69, 9.17) is 9.72 Å². The number of nitrogens with zero attached hydrogens (tertiary/aromatic N) is 5. The Morgan fingerprint density at radius 2 is 2.07 bits per heavy atom. The highest BCUT2D eigenvalue weighted by Gasteiger charge is 2.41. The number of rotatable bonds is 3. The van der Waals surface area contributed by atoms with E-state index in [1.54, 1.807) is 18.2 Å². The second kappa shape index (κ2) is 6.81. The molecular weight excluding hydrogens is 342 g/mol. The smallest absolute Gasteiger partial charge is 0.250 e. The zero-order valence-electron chi connectivity index (χ0n) is 16.2. The maximum Gasteiger partial charge on any atom is 0.250 e. The van der Waals surface area contributed by atoms with Gasteiger partial charge in [0.05, 0.1) is 12.8 Å². The van der Waals surface area contributed by atoms with Crippen molar-refractivity contribution in [1.82, 2.24) is 14.9 Å². The van der Waals surface area contributed by atoms with Gasteiger partial charge in [-0.3, -0.25) is 14.7 Å². The fourth-order valence-electron chi connectivity index (χ4n) is 3.90. The third kappa shape index (κ3) is 2.92. The molecule has 27 heavy (non-hydrogen) atoms. The molecule has 7 heteroatoms. The van der Waals surface area contributed by atoms with Gasteiger partial charge in [-0.25, -0.2) is 4.98 Å². The van der Waals surface area contributed by atoms with Crippen LogP contribution in [0.2, 0.25) is 0 Å². The highest BCUT2D eigenvalue weighted by Crippen LogP contribution is 2.38. The minimum Gasteiger partial charge on any atom is -0.494 e. The number of likely N-dealkylation sites (N-methyl/N-ethyl adjacent to an activating group) is 1. The molecule has 2 aliphatic rings. The van der Waals surface area contributed by atoms with E-state index in [2.05, 4.69) is 28.6 Å². The number of fused-ring (bicyclic) bond motifs is 3. The maximum atomic E-state index is 13.1. The van der Waals surface area contributed by atoms with E-state index in [0.717, 1.165) is 42.4 Å². The van der Waals surface area contributed by atoms with Gasteiger partial charge in [-0.2, -0.15) is 0 Å². The standard InChI is InChI=1S/C20H25N5O2/c1-13(2)24-8-9-25-16(12-24)20(26)23(3)15-10-14(11-22-19(15)25)18-17(27-4)6-5-7-21-18/h5-7,10-11,13,16H,8-9,12H2,1-4H3/t16-/m1/s1. The van der Waals surface area contributed by atoms with Crippen LogP contribution < -0.4 is 14.5 Å². The van der Waals surface area contributed by atoms with Crippen LogP contribution in [0.3, 0.4) is 0 Å². The van der Waals surface area contributed by atoms with E-state index in [9.17, 15) is 4.79 Å². The summed E-state index contributed by atoms with van der Waals surface area (Å²) < 4.78 is 5.43. The monoisotopic (exact) mass is 367 g/mol. The molecule has 0 saturated carbocycles. The van der Waals surface area contributed by atoms with Crippen molar-refractivity contribution in [1.29, 1.82) is 0 Å². The topological polar surface area (TPSA) is 61.8 Å². The van der Waals surface area contributed by atoms with E-state index in [1.807, 2.05) is 31.4 Å². The van der Waals surface area contributed by atoms with Crippen molar-refractivity contribution < 1.29 is 9.53 Å². The average Bonchev–Trinajstić information content (AvgIpc) is 2.71. The summed E-state index contributed by atoms with van der Waals surface area (Å²) in [6, 6.07) is 5.94. The molecule has 4 rings (SSSR count). The lowest BCUT2D eigenvalue weighted by Crippen LogP contribution is -2.63. The van der Waals surface area contributed by atoms with Crippen molar-refractivity contribution >= 4 is 17.4 Å². The number of hydrogen-bond acceptors (Lipinski definition) is 6. The first-order chi connectivity index (χ1) is 13.0. The molecule has 2 aromatic heterocycles. The number of carbonyl (C=O) groups is 1. The SMILES string of the molecule is COc1cccnc1-c1cnc2c(c1)N(C)C(=O)[C@H]1CN(C(C)C)CCN21. The number of aromatic nitrogens is 2. The summed E-state index contributed by atoms with van der Waals surface area (Å²) in [5.41, 5.74) is 2.38. The van der Waals surface area contributed by atoms with Gasteiger partial charge in [0.25, 0.3) is 5.91 Å².